The van der Waals surface area contributed by atoms with Crippen LogP contribution < -0.4 is 0 Å². The Bertz CT molecular complexity index is 877. The fraction of sp³-hybridized carbons (Fsp3) is 0.417. The highest BCUT2D eigenvalue weighted by atomic mass is 33.1. The molecule has 8 heteroatoms. The second-order valence-electron chi connectivity index (χ2n) is 8.35. The molecule has 0 unspecified atom stereocenters. The van der Waals surface area contributed by atoms with Gasteiger partial charge in [0.1, 0.15) is 0 Å². The Morgan fingerprint density at radius 2 is 0.938 bits per heavy atom. The van der Waals surface area contributed by atoms with E-state index in [9.17, 15) is 9.59 Å². The summed E-state index contributed by atoms with van der Waals surface area (Å²) in [5.41, 5.74) is 1.47. The van der Waals surface area contributed by atoms with Crippen molar-refractivity contribution in [2.24, 2.45) is 0 Å². The topological polar surface area (TPSA) is 47.1 Å². The summed E-state index contributed by atoms with van der Waals surface area (Å²) < 4.78 is 0. The molecule has 32 heavy (non-hydrogen) atoms. The van der Waals surface area contributed by atoms with Crippen LogP contribution >= 0.6 is 21.6 Å². The molecule has 2 aliphatic rings. The summed E-state index contributed by atoms with van der Waals surface area (Å²) in [6.45, 7) is 6.62. The van der Waals surface area contributed by atoms with Crippen LogP contribution in [-0.4, -0.2) is 97.9 Å². The van der Waals surface area contributed by atoms with Crippen molar-refractivity contribution in [3.05, 3.63) is 59.7 Å². The summed E-state index contributed by atoms with van der Waals surface area (Å²) in [7, 11) is 7.28. The van der Waals surface area contributed by atoms with E-state index in [1.165, 1.54) is 0 Å². The standard InChI is InChI=1S/C24H30N4O2S2/c1-25-11-15-27(16-12-25)23(29)19-7-3-5-9-21(19)31-32-22-10-6-4-8-20(22)24(30)28-17-13-26(2)14-18-28/h3-10H,11-18H2,1-2H3. The van der Waals surface area contributed by atoms with Gasteiger partial charge in [0.15, 0.2) is 0 Å². The first kappa shape index (κ1) is 23.2. The van der Waals surface area contributed by atoms with E-state index in [2.05, 4.69) is 23.9 Å². The van der Waals surface area contributed by atoms with E-state index >= 15 is 0 Å². The van der Waals surface area contributed by atoms with Gasteiger partial charge in [0.25, 0.3) is 11.8 Å². The highest BCUT2D eigenvalue weighted by Gasteiger charge is 2.24. The number of carbonyl (C=O) groups excluding carboxylic acids is 2. The zero-order chi connectivity index (χ0) is 22.5. The largest absolute Gasteiger partial charge is 0.336 e. The van der Waals surface area contributed by atoms with Crippen molar-refractivity contribution in [3.8, 4) is 0 Å². The molecule has 0 saturated carbocycles. The van der Waals surface area contributed by atoms with Gasteiger partial charge in [0.05, 0.1) is 11.1 Å². The van der Waals surface area contributed by atoms with Crippen LogP contribution in [0.2, 0.25) is 0 Å². The lowest BCUT2D eigenvalue weighted by molar-refractivity contribution is 0.0653. The summed E-state index contributed by atoms with van der Waals surface area (Å²) in [6.07, 6.45) is 0. The molecule has 2 aliphatic heterocycles. The van der Waals surface area contributed by atoms with Gasteiger partial charge in [-0.25, -0.2) is 0 Å². The lowest BCUT2D eigenvalue weighted by Gasteiger charge is -2.33. The third kappa shape index (κ3) is 5.49. The Kier molecular flexibility index (Phi) is 7.78. The highest BCUT2D eigenvalue weighted by Crippen LogP contribution is 2.41. The van der Waals surface area contributed by atoms with Gasteiger partial charge >= 0.3 is 0 Å². The summed E-state index contributed by atoms with van der Waals surface area (Å²) in [6, 6.07) is 15.6. The maximum absolute atomic E-state index is 13.2. The molecule has 2 saturated heterocycles. The monoisotopic (exact) mass is 470 g/mol. The van der Waals surface area contributed by atoms with Gasteiger partial charge in [-0.15, -0.1) is 0 Å². The maximum Gasteiger partial charge on any atom is 0.255 e. The molecule has 170 valence electrons. The fourth-order valence-corrected chi connectivity index (χ4v) is 6.23. The zero-order valence-corrected chi connectivity index (χ0v) is 20.3. The number of rotatable bonds is 5. The van der Waals surface area contributed by atoms with Crippen LogP contribution in [0.15, 0.2) is 58.3 Å². The smallest absolute Gasteiger partial charge is 0.255 e. The number of hydrogen-bond donors (Lipinski definition) is 0. The molecule has 0 spiro atoms. The van der Waals surface area contributed by atoms with Gasteiger partial charge in [-0.3, -0.25) is 9.59 Å². The molecule has 2 amide bonds. The van der Waals surface area contributed by atoms with Crippen LogP contribution in [0.1, 0.15) is 20.7 Å². The molecule has 0 radical (unpaired) electrons. The van der Waals surface area contributed by atoms with Crippen LogP contribution in [0.4, 0.5) is 0 Å². The van der Waals surface area contributed by atoms with E-state index in [1.54, 1.807) is 21.6 Å². The summed E-state index contributed by atoms with van der Waals surface area (Å²) in [4.78, 5) is 36.6. The number of hydrogen-bond acceptors (Lipinski definition) is 6. The average Bonchev–Trinajstić information content (AvgIpc) is 2.83. The number of piperazine rings is 2. The highest BCUT2D eigenvalue weighted by molar-refractivity contribution is 8.76. The second kappa shape index (κ2) is 10.7. The Labute approximate surface area is 198 Å². The zero-order valence-electron chi connectivity index (χ0n) is 18.7. The third-order valence-corrected chi connectivity index (χ3v) is 8.52. The predicted octanol–water partition coefficient (Wildman–Crippen LogP) is 3.26. The van der Waals surface area contributed by atoms with Crippen molar-refractivity contribution < 1.29 is 9.59 Å². The minimum absolute atomic E-state index is 0.0867. The molecule has 0 aromatic heterocycles. The number of amides is 2. The van der Waals surface area contributed by atoms with Gasteiger partial charge in [-0.2, -0.15) is 0 Å². The van der Waals surface area contributed by atoms with Crippen LogP contribution in [0.3, 0.4) is 0 Å². The van der Waals surface area contributed by atoms with Gasteiger partial charge in [0.2, 0.25) is 0 Å². The number of benzene rings is 2. The lowest BCUT2D eigenvalue weighted by Crippen LogP contribution is -2.47. The molecule has 2 heterocycles. The van der Waals surface area contributed by atoms with Crippen LogP contribution in [-0.2, 0) is 0 Å². The summed E-state index contributed by atoms with van der Waals surface area (Å²) in [5.74, 6) is 0.173. The minimum atomic E-state index is 0.0867. The molecule has 2 fully saturated rings. The van der Waals surface area contributed by atoms with Crippen molar-refractivity contribution >= 4 is 33.4 Å². The van der Waals surface area contributed by atoms with Gasteiger partial charge in [-0.1, -0.05) is 45.9 Å². The molecule has 6 nitrogen and oxygen atoms in total. The Hall–Kier alpha value is -2.00. The molecule has 0 atom stereocenters. The Morgan fingerprint density at radius 1 is 0.594 bits per heavy atom. The van der Waals surface area contributed by atoms with E-state index in [0.717, 1.165) is 73.3 Å². The lowest BCUT2D eigenvalue weighted by atomic mass is 10.2. The summed E-state index contributed by atoms with van der Waals surface area (Å²) >= 11 is 0. The minimum Gasteiger partial charge on any atom is -0.336 e. The van der Waals surface area contributed by atoms with Crippen LogP contribution in [0.25, 0.3) is 0 Å². The SMILES string of the molecule is CN1CCN(C(=O)c2ccccc2SSc2ccccc2C(=O)N2CCN(C)CC2)CC1. The van der Waals surface area contributed by atoms with E-state index in [1.807, 2.05) is 58.3 Å². The molecule has 4 rings (SSSR count). The number of likely N-dealkylation sites (N-methyl/N-ethyl adjacent to an activating group) is 2. The fourth-order valence-electron chi connectivity index (χ4n) is 3.88. The molecular formula is C24H30N4O2S2. The van der Waals surface area contributed by atoms with E-state index < -0.39 is 0 Å². The van der Waals surface area contributed by atoms with Crippen molar-refractivity contribution in [1.29, 1.82) is 0 Å². The van der Waals surface area contributed by atoms with Crippen molar-refractivity contribution in [2.75, 3.05) is 66.5 Å². The number of nitrogens with zero attached hydrogens (tertiary/aromatic N) is 4. The van der Waals surface area contributed by atoms with E-state index in [-0.39, 0.29) is 11.8 Å². The summed E-state index contributed by atoms with van der Waals surface area (Å²) in [5, 5.41) is 0. The first-order chi connectivity index (χ1) is 15.5. The van der Waals surface area contributed by atoms with Gasteiger partial charge in [-0.05, 0) is 38.4 Å². The Balaban J connectivity index is 1.47. The molecule has 0 N–H and O–H groups in total. The molecule has 0 bridgehead atoms. The van der Waals surface area contributed by atoms with E-state index in [0.29, 0.717) is 0 Å². The van der Waals surface area contributed by atoms with Crippen LogP contribution in [0.5, 0.6) is 0 Å². The van der Waals surface area contributed by atoms with Crippen molar-refractivity contribution in [2.45, 2.75) is 9.79 Å². The van der Waals surface area contributed by atoms with Crippen LogP contribution in [0, 0.1) is 0 Å². The first-order valence-corrected chi connectivity index (χ1v) is 13.2. The van der Waals surface area contributed by atoms with Gasteiger partial charge in [0, 0.05) is 62.1 Å². The average molecular weight is 471 g/mol. The normalized spacial score (nSPS) is 18.1. The second-order valence-corrected chi connectivity index (χ2v) is 10.6. The third-order valence-electron chi connectivity index (χ3n) is 6.04. The maximum atomic E-state index is 13.2. The molecule has 0 aliphatic carbocycles. The quantitative estimate of drug-likeness (QED) is 0.625. The van der Waals surface area contributed by atoms with Crippen molar-refractivity contribution in [3.63, 3.8) is 0 Å². The Morgan fingerprint density at radius 3 is 1.31 bits per heavy atom. The van der Waals surface area contributed by atoms with Gasteiger partial charge < -0.3 is 19.6 Å². The predicted molar refractivity (Wildman–Crippen MR) is 131 cm³/mol. The first-order valence-electron chi connectivity index (χ1n) is 11.0. The number of carbonyl (C=O) groups is 2. The molecule has 2 aromatic rings. The molecular weight excluding hydrogens is 440 g/mol. The molecule has 2 aromatic carbocycles. The van der Waals surface area contributed by atoms with E-state index in [4.69, 9.17) is 0 Å². The van der Waals surface area contributed by atoms with Crippen molar-refractivity contribution in [1.82, 2.24) is 19.6 Å².